The van der Waals surface area contributed by atoms with Crippen molar-refractivity contribution in [2.75, 3.05) is 30.7 Å². The van der Waals surface area contributed by atoms with E-state index in [0.717, 1.165) is 43.4 Å². The van der Waals surface area contributed by atoms with Crippen LogP contribution in [0, 0.1) is 17.0 Å². The molecule has 1 atom stereocenters. The molecule has 8 nitrogen and oxygen atoms in total. The van der Waals surface area contributed by atoms with E-state index in [1.165, 1.54) is 23.2 Å². The molecule has 3 aliphatic rings. The third-order valence-corrected chi connectivity index (χ3v) is 6.94. The number of nitrogen functional groups attached to an aromatic ring is 1. The van der Waals surface area contributed by atoms with Gasteiger partial charge in [-0.2, -0.15) is 0 Å². The summed E-state index contributed by atoms with van der Waals surface area (Å²) in [5.74, 6) is -1.82. The second-order valence-electron chi connectivity index (χ2n) is 10.0. The van der Waals surface area contributed by atoms with Gasteiger partial charge in [0.15, 0.2) is 11.6 Å². The van der Waals surface area contributed by atoms with Gasteiger partial charge in [-0.05, 0) is 62.3 Å². The van der Waals surface area contributed by atoms with E-state index >= 15 is 0 Å². The van der Waals surface area contributed by atoms with Crippen LogP contribution in [0.5, 0.6) is 0 Å². The molecule has 1 aromatic carbocycles. The van der Waals surface area contributed by atoms with Gasteiger partial charge in [0.2, 0.25) is 5.91 Å². The number of carbonyl (C=O) groups excluding carboxylic acids is 3. The van der Waals surface area contributed by atoms with Crippen LogP contribution in [0.15, 0.2) is 36.5 Å². The second kappa shape index (κ2) is 12.3. The molecule has 3 fully saturated rings. The number of hydrogen-bond acceptors (Lipinski definition) is 5. The first-order valence-electron chi connectivity index (χ1n) is 13.2. The summed E-state index contributed by atoms with van der Waals surface area (Å²) in [7, 11) is 0. The van der Waals surface area contributed by atoms with Crippen molar-refractivity contribution in [3.63, 3.8) is 0 Å². The Hall–Kier alpha value is -3.56. The predicted octanol–water partition coefficient (Wildman–Crippen LogP) is 4.33. The molecule has 3 amide bonds. The quantitative estimate of drug-likeness (QED) is 0.576. The molecular weight excluding hydrogens is 492 g/mol. The highest BCUT2D eigenvalue weighted by atomic mass is 19.2. The van der Waals surface area contributed by atoms with E-state index in [1.807, 2.05) is 32.6 Å². The standard InChI is InChI=1S/C20H27N5O3.C6H4F2.C2H6/c1-12-11-24(7-8-25(12)19(28)20(2)5-6-20)18(27)17(26)23-14-9-15(13-3-4-13)16(21)22-10-14;7-5-3-1-2-4-6(5)8;1-2/h9-10,12-13H,3-8,11H2,1-2H3,(H2,21,22)(H,23,26);1-4H;1-2H3. The average Bonchev–Trinajstić information content (AvgIpc) is 3.85. The van der Waals surface area contributed by atoms with Gasteiger partial charge < -0.3 is 20.9 Å². The van der Waals surface area contributed by atoms with Crippen molar-refractivity contribution in [3.05, 3.63) is 53.7 Å². The maximum absolute atomic E-state index is 12.6. The number of amides is 3. The zero-order chi connectivity index (χ0) is 28.0. The normalized spacial score (nSPS) is 19.3. The van der Waals surface area contributed by atoms with E-state index in [1.54, 1.807) is 6.07 Å². The second-order valence-corrected chi connectivity index (χ2v) is 10.0. The van der Waals surface area contributed by atoms with Crippen LogP contribution < -0.4 is 11.1 Å². The first-order chi connectivity index (χ1) is 18.1. The van der Waals surface area contributed by atoms with Gasteiger partial charge in [0.1, 0.15) is 5.82 Å². The largest absolute Gasteiger partial charge is 0.383 e. The van der Waals surface area contributed by atoms with Crippen LogP contribution in [0.2, 0.25) is 0 Å². The Morgan fingerprint density at radius 2 is 1.68 bits per heavy atom. The van der Waals surface area contributed by atoms with Gasteiger partial charge in [0, 0.05) is 31.1 Å². The lowest BCUT2D eigenvalue weighted by Gasteiger charge is -2.40. The smallest absolute Gasteiger partial charge is 0.313 e. The zero-order valence-corrected chi connectivity index (χ0v) is 22.5. The van der Waals surface area contributed by atoms with Gasteiger partial charge >= 0.3 is 11.8 Å². The first kappa shape index (κ1) is 29.0. The number of hydrogen-bond donors (Lipinski definition) is 2. The molecule has 0 bridgehead atoms. The van der Waals surface area contributed by atoms with Crippen molar-refractivity contribution in [1.82, 2.24) is 14.8 Å². The summed E-state index contributed by atoms with van der Waals surface area (Å²) in [5, 5.41) is 2.64. The van der Waals surface area contributed by atoms with Gasteiger partial charge in [0.05, 0.1) is 11.9 Å². The summed E-state index contributed by atoms with van der Waals surface area (Å²) < 4.78 is 23.9. The van der Waals surface area contributed by atoms with Gasteiger partial charge in [0.25, 0.3) is 0 Å². The fourth-order valence-electron chi connectivity index (χ4n) is 4.24. The van der Waals surface area contributed by atoms with Crippen LogP contribution in [0.3, 0.4) is 0 Å². The van der Waals surface area contributed by atoms with Crippen LogP contribution in [-0.4, -0.2) is 58.2 Å². The Labute approximate surface area is 222 Å². The number of nitrogens with one attached hydrogen (secondary N) is 1. The number of rotatable bonds is 3. The Bertz CT molecular complexity index is 1150. The maximum Gasteiger partial charge on any atom is 0.313 e. The van der Waals surface area contributed by atoms with E-state index in [4.69, 9.17) is 5.73 Å². The van der Waals surface area contributed by atoms with Crippen molar-refractivity contribution >= 4 is 29.2 Å². The molecule has 2 aromatic rings. The molecule has 206 valence electrons. The fraction of sp³-hybridized carbons (Fsp3) is 0.500. The monoisotopic (exact) mass is 529 g/mol. The molecule has 1 unspecified atom stereocenters. The molecule has 5 rings (SSSR count). The third-order valence-electron chi connectivity index (χ3n) is 6.94. The Kier molecular flexibility index (Phi) is 9.40. The Morgan fingerprint density at radius 1 is 1.08 bits per heavy atom. The van der Waals surface area contributed by atoms with E-state index in [2.05, 4.69) is 10.3 Å². The number of carbonyl (C=O) groups is 3. The van der Waals surface area contributed by atoms with Gasteiger partial charge in [-0.25, -0.2) is 13.8 Å². The van der Waals surface area contributed by atoms with E-state index < -0.39 is 23.4 Å². The number of piperazine rings is 1. The summed E-state index contributed by atoms with van der Waals surface area (Å²) in [4.78, 5) is 45.1. The molecule has 38 heavy (non-hydrogen) atoms. The number of halogens is 2. The highest BCUT2D eigenvalue weighted by Gasteiger charge is 2.48. The van der Waals surface area contributed by atoms with Crippen LogP contribution >= 0.6 is 0 Å². The van der Waals surface area contributed by atoms with Crippen molar-refractivity contribution < 1.29 is 23.2 Å². The summed E-state index contributed by atoms with van der Waals surface area (Å²) >= 11 is 0. The van der Waals surface area contributed by atoms with Crippen LogP contribution in [0.1, 0.15) is 64.9 Å². The van der Waals surface area contributed by atoms with Crippen LogP contribution in [-0.2, 0) is 14.4 Å². The van der Waals surface area contributed by atoms with Crippen LogP contribution in [0.4, 0.5) is 20.3 Å². The molecular formula is C28H37F2N5O3. The van der Waals surface area contributed by atoms with E-state index in [9.17, 15) is 23.2 Å². The number of nitrogens with zero attached hydrogens (tertiary/aromatic N) is 3. The number of aromatic nitrogens is 1. The summed E-state index contributed by atoms with van der Waals surface area (Å²) in [5.41, 5.74) is 7.09. The van der Waals surface area contributed by atoms with Gasteiger partial charge in [-0.3, -0.25) is 14.4 Å². The fourth-order valence-corrected chi connectivity index (χ4v) is 4.24. The number of anilines is 2. The minimum Gasteiger partial charge on any atom is -0.383 e. The average molecular weight is 530 g/mol. The number of pyridine rings is 1. The predicted molar refractivity (Wildman–Crippen MR) is 142 cm³/mol. The van der Waals surface area contributed by atoms with E-state index in [-0.39, 0.29) is 17.4 Å². The molecule has 1 aliphatic heterocycles. The highest BCUT2D eigenvalue weighted by Crippen LogP contribution is 2.47. The molecule has 1 saturated heterocycles. The number of benzene rings is 1. The molecule has 10 heteroatoms. The topological polar surface area (TPSA) is 109 Å². The molecule has 1 aromatic heterocycles. The van der Waals surface area contributed by atoms with Crippen molar-refractivity contribution in [3.8, 4) is 0 Å². The lowest BCUT2D eigenvalue weighted by molar-refractivity contribution is -0.149. The maximum atomic E-state index is 12.6. The minimum atomic E-state index is -0.799. The summed E-state index contributed by atoms with van der Waals surface area (Å²) in [6, 6.07) is 6.75. The Morgan fingerprint density at radius 3 is 2.18 bits per heavy atom. The van der Waals surface area contributed by atoms with Crippen molar-refractivity contribution in [2.45, 2.75) is 65.3 Å². The van der Waals surface area contributed by atoms with Crippen molar-refractivity contribution in [2.24, 2.45) is 5.41 Å². The van der Waals surface area contributed by atoms with Crippen LogP contribution in [0.25, 0.3) is 0 Å². The summed E-state index contributed by atoms with van der Waals surface area (Å²) in [6.07, 6.45) is 5.48. The lowest BCUT2D eigenvalue weighted by atomic mass is 10.1. The summed E-state index contributed by atoms with van der Waals surface area (Å²) in [6.45, 7) is 9.10. The number of nitrogens with two attached hydrogens (primary N) is 1. The minimum absolute atomic E-state index is 0.102. The molecule has 2 heterocycles. The lowest BCUT2D eigenvalue weighted by Crippen LogP contribution is -2.58. The Balaban J connectivity index is 0.000000339. The first-order valence-corrected chi connectivity index (χ1v) is 13.2. The zero-order valence-electron chi connectivity index (χ0n) is 22.5. The van der Waals surface area contributed by atoms with Gasteiger partial charge in [-0.15, -0.1) is 0 Å². The molecule has 0 radical (unpaired) electrons. The van der Waals surface area contributed by atoms with Gasteiger partial charge in [-0.1, -0.05) is 32.9 Å². The highest BCUT2D eigenvalue weighted by molar-refractivity contribution is 6.39. The van der Waals surface area contributed by atoms with E-state index in [0.29, 0.717) is 37.1 Å². The molecule has 3 N–H and O–H groups in total. The SMILES string of the molecule is CC.CC1CN(C(=O)C(=O)Nc2cnc(N)c(C3CC3)c2)CCN1C(=O)C1(C)CC1.Fc1ccccc1F. The molecule has 2 saturated carbocycles. The van der Waals surface area contributed by atoms with Crippen molar-refractivity contribution in [1.29, 1.82) is 0 Å². The third kappa shape index (κ3) is 7.05. The molecule has 0 spiro atoms. The molecule has 2 aliphatic carbocycles.